The Labute approximate surface area is 148 Å². The zero-order chi connectivity index (χ0) is 18.4. The molecule has 0 radical (unpaired) electrons. The van der Waals surface area contributed by atoms with Gasteiger partial charge in [0.1, 0.15) is 0 Å². The maximum absolute atomic E-state index is 13.7. The van der Waals surface area contributed by atoms with Crippen LogP contribution in [-0.2, 0) is 13.6 Å². The van der Waals surface area contributed by atoms with Crippen LogP contribution in [0.1, 0.15) is 11.3 Å². The van der Waals surface area contributed by atoms with Crippen LogP contribution in [-0.4, -0.2) is 20.8 Å². The Morgan fingerprint density at radius 2 is 2.00 bits per heavy atom. The van der Waals surface area contributed by atoms with E-state index >= 15 is 0 Å². The smallest absolute Gasteiger partial charge is 0.326 e. The minimum Gasteiger partial charge on any atom is -0.333 e. The molecule has 0 saturated heterocycles. The van der Waals surface area contributed by atoms with E-state index in [1.165, 1.54) is 11.0 Å². The third-order valence-electron chi connectivity index (χ3n) is 4.29. The van der Waals surface area contributed by atoms with Crippen molar-refractivity contribution < 1.29 is 13.6 Å². The molecule has 1 aliphatic rings. The largest absolute Gasteiger partial charge is 0.333 e. The van der Waals surface area contributed by atoms with Gasteiger partial charge in [-0.05, 0) is 25.1 Å². The van der Waals surface area contributed by atoms with Crippen molar-refractivity contribution in [1.29, 1.82) is 0 Å². The maximum atomic E-state index is 13.7. The topological polar surface area (TPSA) is 63.1 Å². The van der Waals surface area contributed by atoms with Gasteiger partial charge in [0, 0.05) is 43.2 Å². The number of hydrogen-bond acceptors (Lipinski definition) is 3. The molecular weight excluding hydrogens is 340 g/mol. The summed E-state index contributed by atoms with van der Waals surface area (Å²) in [5, 5.41) is 7.02. The standard InChI is InChI=1S/C18H15F2N5O/c1-10-13(9-24(2)23-10)16-6-17-11(7-21-16)8-22-18(26)25(17)12-3-4-14(19)15(20)5-12/h3-7,9H,8H2,1-2H3,(H,22,26). The molecule has 0 atom stereocenters. The maximum Gasteiger partial charge on any atom is 0.326 e. The molecule has 26 heavy (non-hydrogen) atoms. The summed E-state index contributed by atoms with van der Waals surface area (Å²) >= 11 is 0. The number of pyridine rings is 1. The number of nitrogens with one attached hydrogen (secondary N) is 1. The fourth-order valence-electron chi connectivity index (χ4n) is 3.06. The van der Waals surface area contributed by atoms with Crippen LogP contribution < -0.4 is 10.2 Å². The normalized spacial score (nSPS) is 13.5. The van der Waals surface area contributed by atoms with E-state index in [0.717, 1.165) is 29.0 Å². The molecule has 0 aliphatic carbocycles. The molecule has 4 rings (SSSR count). The number of urea groups is 1. The number of amides is 2. The molecule has 3 heterocycles. The van der Waals surface area contributed by atoms with Gasteiger partial charge in [-0.1, -0.05) is 0 Å². The Hall–Kier alpha value is -3.29. The van der Waals surface area contributed by atoms with Crippen LogP contribution >= 0.6 is 0 Å². The molecule has 0 fully saturated rings. The van der Waals surface area contributed by atoms with Crippen LogP contribution in [0.4, 0.5) is 25.0 Å². The van der Waals surface area contributed by atoms with Crippen molar-refractivity contribution in [3.63, 3.8) is 0 Å². The first-order valence-electron chi connectivity index (χ1n) is 7.96. The van der Waals surface area contributed by atoms with E-state index in [4.69, 9.17) is 0 Å². The van der Waals surface area contributed by atoms with Gasteiger partial charge in [0.15, 0.2) is 11.6 Å². The molecule has 2 amide bonds. The molecule has 6 nitrogen and oxygen atoms in total. The van der Waals surface area contributed by atoms with Crippen molar-refractivity contribution in [2.75, 3.05) is 4.90 Å². The van der Waals surface area contributed by atoms with Crippen LogP contribution in [0.3, 0.4) is 0 Å². The first-order valence-corrected chi connectivity index (χ1v) is 7.96. The van der Waals surface area contributed by atoms with E-state index in [2.05, 4.69) is 15.4 Å². The van der Waals surface area contributed by atoms with Crippen LogP contribution in [0.2, 0.25) is 0 Å². The monoisotopic (exact) mass is 355 g/mol. The first kappa shape index (κ1) is 16.2. The fourth-order valence-corrected chi connectivity index (χ4v) is 3.06. The van der Waals surface area contributed by atoms with Gasteiger partial charge in [0.05, 0.1) is 22.8 Å². The number of halogens is 2. The molecule has 1 aliphatic heterocycles. The highest BCUT2D eigenvalue weighted by atomic mass is 19.2. The Balaban J connectivity index is 1.86. The second-order valence-electron chi connectivity index (χ2n) is 6.09. The zero-order valence-corrected chi connectivity index (χ0v) is 14.1. The molecule has 1 aromatic carbocycles. The molecule has 1 N–H and O–H groups in total. The molecule has 0 unspecified atom stereocenters. The average Bonchev–Trinajstić information content (AvgIpc) is 2.95. The third-order valence-corrected chi connectivity index (χ3v) is 4.29. The highest BCUT2D eigenvalue weighted by Gasteiger charge is 2.27. The second kappa shape index (κ2) is 5.91. The minimum atomic E-state index is -1.01. The first-order chi connectivity index (χ1) is 12.4. The molecule has 0 saturated carbocycles. The molecule has 8 heteroatoms. The zero-order valence-electron chi connectivity index (χ0n) is 14.1. The molecule has 0 bridgehead atoms. The lowest BCUT2D eigenvalue weighted by atomic mass is 10.1. The fraction of sp³-hybridized carbons (Fsp3) is 0.167. The second-order valence-corrected chi connectivity index (χ2v) is 6.09. The predicted molar refractivity (Wildman–Crippen MR) is 91.9 cm³/mol. The number of carbonyl (C=O) groups excluding carboxylic acids is 1. The van der Waals surface area contributed by atoms with Crippen molar-refractivity contribution in [1.82, 2.24) is 20.1 Å². The van der Waals surface area contributed by atoms with E-state index in [-0.39, 0.29) is 5.69 Å². The van der Waals surface area contributed by atoms with Gasteiger partial charge in [0.25, 0.3) is 0 Å². The third kappa shape index (κ3) is 2.59. The van der Waals surface area contributed by atoms with Crippen LogP contribution in [0, 0.1) is 18.6 Å². The van der Waals surface area contributed by atoms with Crippen molar-refractivity contribution >= 4 is 17.4 Å². The molecule has 0 spiro atoms. The van der Waals surface area contributed by atoms with Crippen LogP contribution in [0.15, 0.2) is 36.7 Å². The molecule has 3 aromatic rings. The molecular formula is C18H15F2N5O. The van der Waals surface area contributed by atoms with Crippen molar-refractivity contribution in [3.05, 3.63) is 59.6 Å². The lowest BCUT2D eigenvalue weighted by Gasteiger charge is -2.30. The number of fused-ring (bicyclic) bond motifs is 1. The number of rotatable bonds is 2. The van der Waals surface area contributed by atoms with Crippen molar-refractivity contribution in [2.24, 2.45) is 7.05 Å². The van der Waals surface area contributed by atoms with Gasteiger partial charge in [-0.15, -0.1) is 0 Å². The predicted octanol–water partition coefficient (Wildman–Crippen LogP) is 3.43. The summed E-state index contributed by atoms with van der Waals surface area (Å²) in [4.78, 5) is 18.2. The average molecular weight is 355 g/mol. The van der Waals surface area contributed by atoms with Gasteiger partial charge in [0.2, 0.25) is 0 Å². The number of aromatic nitrogens is 3. The van der Waals surface area contributed by atoms with E-state index in [1.807, 2.05) is 20.2 Å². The Kier molecular flexibility index (Phi) is 3.68. The lowest BCUT2D eigenvalue weighted by molar-refractivity contribution is 0.247. The summed E-state index contributed by atoms with van der Waals surface area (Å²) < 4.78 is 28.6. The van der Waals surface area contributed by atoms with Crippen LogP contribution in [0.5, 0.6) is 0 Å². The highest BCUT2D eigenvalue weighted by Crippen LogP contribution is 2.35. The number of carbonyl (C=O) groups is 1. The summed E-state index contributed by atoms with van der Waals surface area (Å²) in [5.41, 5.74) is 3.89. The van der Waals surface area contributed by atoms with E-state index < -0.39 is 17.7 Å². The van der Waals surface area contributed by atoms with E-state index in [1.54, 1.807) is 16.9 Å². The number of aryl methyl sites for hydroxylation is 2. The van der Waals surface area contributed by atoms with Gasteiger partial charge in [-0.25, -0.2) is 13.6 Å². The Bertz CT molecular complexity index is 1030. The summed E-state index contributed by atoms with van der Waals surface area (Å²) in [7, 11) is 1.82. The van der Waals surface area contributed by atoms with Crippen LogP contribution in [0.25, 0.3) is 11.3 Å². The quantitative estimate of drug-likeness (QED) is 0.766. The number of nitrogens with zero attached hydrogens (tertiary/aromatic N) is 4. The van der Waals surface area contributed by atoms with E-state index in [0.29, 0.717) is 17.9 Å². The van der Waals surface area contributed by atoms with E-state index in [9.17, 15) is 13.6 Å². The Morgan fingerprint density at radius 1 is 1.19 bits per heavy atom. The van der Waals surface area contributed by atoms with Gasteiger partial charge in [-0.3, -0.25) is 14.6 Å². The minimum absolute atomic E-state index is 0.238. The lowest BCUT2D eigenvalue weighted by Crippen LogP contribution is -2.41. The van der Waals surface area contributed by atoms with Gasteiger partial charge in [-0.2, -0.15) is 5.10 Å². The summed E-state index contributed by atoms with van der Waals surface area (Å²) in [6.07, 6.45) is 3.51. The number of anilines is 2. The number of benzene rings is 1. The highest BCUT2D eigenvalue weighted by molar-refractivity contribution is 6.02. The SMILES string of the molecule is Cc1nn(C)cc1-c1cc2c(cn1)CNC(=O)N2c1ccc(F)c(F)c1. The molecule has 2 aromatic heterocycles. The van der Waals surface area contributed by atoms with Gasteiger partial charge >= 0.3 is 6.03 Å². The summed E-state index contributed by atoms with van der Waals surface area (Å²) in [6, 6.07) is 4.71. The Morgan fingerprint density at radius 3 is 2.69 bits per heavy atom. The number of hydrogen-bond donors (Lipinski definition) is 1. The summed E-state index contributed by atoms with van der Waals surface area (Å²) in [5.74, 6) is -1.98. The van der Waals surface area contributed by atoms with Gasteiger partial charge < -0.3 is 5.32 Å². The van der Waals surface area contributed by atoms with Crippen molar-refractivity contribution in [3.8, 4) is 11.3 Å². The van der Waals surface area contributed by atoms with Crippen molar-refractivity contribution in [2.45, 2.75) is 13.5 Å². The molecule has 132 valence electrons. The summed E-state index contributed by atoms with van der Waals surface area (Å²) in [6.45, 7) is 2.18.